The van der Waals surface area contributed by atoms with Crippen LogP contribution < -0.4 is 11.1 Å². The molecule has 0 fully saturated rings. The highest BCUT2D eigenvalue weighted by atomic mass is 35.5. The van der Waals surface area contributed by atoms with E-state index in [1.165, 1.54) is 0 Å². The highest BCUT2D eigenvalue weighted by Gasteiger charge is 2.21. The average Bonchev–Trinajstić information content (AvgIpc) is 2.88. The number of halogens is 1. The van der Waals surface area contributed by atoms with Crippen molar-refractivity contribution in [1.82, 2.24) is 4.98 Å². The lowest BCUT2D eigenvalue weighted by molar-refractivity contribution is -0.118. The molecule has 2 aromatic rings. The summed E-state index contributed by atoms with van der Waals surface area (Å²) in [6.07, 6.45) is -0.0554. The van der Waals surface area contributed by atoms with E-state index in [4.69, 9.17) is 14.9 Å². The highest BCUT2D eigenvalue weighted by molar-refractivity contribution is 5.93. The molecule has 0 radical (unpaired) electrons. The molecule has 0 aliphatic heterocycles. The van der Waals surface area contributed by atoms with Crippen LogP contribution >= 0.6 is 12.4 Å². The van der Waals surface area contributed by atoms with Gasteiger partial charge in [-0.2, -0.15) is 0 Å². The molecular weight excluding hydrogens is 318 g/mol. The van der Waals surface area contributed by atoms with E-state index in [1.807, 2.05) is 26.8 Å². The molecule has 0 bridgehead atoms. The van der Waals surface area contributed by atoms with Gasteiger partial charge in [0, 0.05) is 24.8 Å². The molecule has 0 spiro atoms. The zero-order chi connectivity index (χ0) is 16.3. The fourth-order valence-electron chi connectivity index (χ4n) is 2.01. The quantitative estimate of drug-likeness (QED) is 0.872. The Morgan fingerprint density at radius 3 is 2.70 bits per heavy atom. The van der Waals surface area contributed by atoms with Crippen molar-refractivity contribution in [3.63, 3.8) is 0 Å². The molecule has 1 atom stereocenters. The molecule has 0 aliphatic rings. The first kappa shape index (κ1) is 19.4. The lowest BCUT2D eigenvalue weighted by atomic mass is 9.97. The number of fused-ring (bicyclic) bond motifs is 1. The van der Waals surface area contributed by atoms with Gasteiger partial charge in [0.25, 0.3) is 0 Å². The number of benzene rings is 1. The number of ether oxygens (including phenoxy) is 1. The van der Waals surface area contributed by atoms with Crippen LogP contribution in [0.1, 0.15) is 33.1 Å². The third-order valence-corrected chi connectivity index (χ3v) is 3.32. The fourth-order valence-corrected chi connectivity index (χ4v) is 2.01. The van der Waals surface area contributed by atoms with Crippen LogP contribution in [0.3, 0.4) is 0 Å². The molecule has 1 aromatic heterocycles. The van der Waals surface area contributed by atoms with Gasteiger partial charge in [0.1, 0.15) is 5.52 Å². The Balaban J connectivity index is 0.00000264. The van der Waals surface area contributed by atoms with E-state index < -0.39 is 0 Å². The van der Waals surface area contributed by atoms with Crippen molar-refractivity contribution < 1.29 is 13.9 Å². The maximum absolute atomic E-state index is 12.0. The molecule has 1 amide bonds. The van der Waals surface area contributed by atoms with E-state index in [1.54, 1.807) is 19.2 Å². The number of nitrogens with one attached hydrogen (secondary N) is 1. The lowest BCUT2D eigenvalue weighted by Gasteiger charge is -2.12. The first-order chi connectivity index (χ1) is 10.3. The van der Waals surface area contributed by atoms with E-state index in [0.717, 1.165) is 5.52 Å². The fraction of sp³-hybridized carbons (Fsp3) is 0.500. The molecule has 0 saturated carbocycles. The summed E-state index contributed by atoms with van der Waals surface area (Å²) in [6, 6.07) is 5.41. The maximum atomic E-state index is 12.0. The second kappa shape index (κ2) is 7.77. The maximum Gasteiger partial charge on any atom is 0.227 e. The zero-order valence-corrected chi connectivity index (χ0v) is 14.7. The number of rotatable bonds is 5. The number of nitrogens with zero attached hydrogens (tertiary/aromatic N) is 1. The molecule has 7 heteroatoms. The topological polar surface area (TPSA) is 90.4 Å². The predicted molar refractivity (Wildman–Crippen MR) is 93.1 cm³/mol. The number of aromatic nitrogens is 1. The highest BCUT2D eigenvalue weighted by Crippen LogP contribution is 2.27. The molecule has 0 saturated heterocycles. The summed E-state index contributed by atoms with van der Waals surface area (Å²) in [5.74, 6) is 0.532. The minimum Gasteiger partial charge on any atom is -0.440 e. The van der Waals surface area contributed by atoms with Crippen molar-refractivity contribution in [3.05, 3.63) is 24.1 Å². The largest absolute Gasteiger partial charge is 0.440 e. The van der Waals surface area contributed by atoms with Gasteiger partial charge in [-0.05, 0) is 18.2 Å². The van der Waals surface area contributed by atoms with Crippen LogP contribution in [-0.2, 0) is 14.9 Å². The summed E-state index contributed by atoms with van der Waals surface area (Å²) in [5, 5.41) is 2.83. The second-order valence-electron chi connectivity index (χ2n) is 6.30. The van der Waals surface area contributed by atoms with E-state index in [-0.39, 0.29) is 36.3 Å². The Morgan fingerprint density at radius 2 is 2.13 bits per heavy atom. The summed E-state index contributed by atoms with van der Waals surface area (Å²) in [7, 11) is 1.54. The zero-order valence-electron chi connectivity index (χ0n) is 13.9. The number of oxazole rings is 1. The van der Waals surface area contributed by atoms with E-state index >= 15 is 0 Å². The Bertz CT molecular complexity index is 660. The standard InChI is InChI=1S/C16H23N3O3.ClH/c1-16(2,3)15-19-12-7-10(5-6-13(12)22-15)18-14(20)8-11(9-17)21-4;/h5-7,11H,8-9,17H2,1-4H3,(H,18,20);1H. The van der Waals surface area contributed by atoms with Crippen molar-refractivity contribution in [2.75, 3.05) is 19.0 Å². The molecule has 3 N–H and O–H groups in total. The van der Waals surface area contributed by atoms with Crippen LogP contribution in [-0.4, -0.2) is 30.6 Å². The summed E-state index contributed by atoms with van der Waals surface area (Å²) < 4.78 is 10.8. The predicted octanol–water partition coefficient (Wildman–Crippen LogP) is 2.85. The van der Waals surface area contributed by atoms with Gasteiger partial charge in [0.2, 0.25) is 11.8 Å². The first-order valence-electron chi connectivity index (χ1n) is 7.27. The van der Waals surface area contributed by atoms with Gasteiger partial charge in [0.05, 0.1) is 12.5 Å². The number of hydrogen-bond donors (Lipinski definition) is 2. The van der Waals surface area contributed by atoms with Crippen LogP contribution in [0.5, 0.6) is 0 Å². The smallest absolute Gasteiger partial charge is 0.227 e. The third kappa shape index (κ3) is 4.92. The van der Waals surface area contributed by atoms with Crippen molar-refractivity contribution in [2.24, 2.45) is 5.73 Å². The molecule has 1 heterocycles. The first-order valence-corrected chi connectivity index (χ1v) is 7.27. The number of carbonyl (C=O) groups excluding carboxylic acids is 1. The van der Waals surface area contributed by atoms with Crippen molar-refractivity contribution in [1.29, 1.82) is 0 Å². The lowest BCUT2D eigenvalue weighted by Crippen LogP contribution is -2.28. The molecular formula is C16H24ClN3O3. The van der Waals surface area contributed by atoms with Gasteiger partial charge >= 0.3 is 0 Å². The van der Waals surface area contributed by atoms with Crippen LogP contribution in [0.2, 0.25) is 0 Å². The number of hydrogen-bond acceptors (Lipinski definition) is 5. The second-order valence-corrected chi connectivity index (χ2v) is 6.30. The molecule has 6 nitrogen and oxygen atoms in total. The number of amides is 1. The summed E-state index contributed by atoms with van der Waals surface area (Å²) in [4.78, 5) is 16.4. The van der Waals surface area contributed by atoms with Crippen LogP contribution in [0.25, 0.3) is 11.1 Å². The van der Waals surface area contributed by atoms with E-state index in [9.17, 15) is 4.79 Å². The molecule has 23 heavy (non-hydrogen) atoms. The molecule has 2 rings (SSSR count). The van der Waals surface area contributed by atoms with Crippen molar-refractivity contribution in [2.45, 2.75) is 38.7 Å². The summed E-state index contributed by atoms with van der Waals surface area (Å²) >= 11 is 0. The molecule has 128 valence electrons. The Labute approximate surface area is 142 Å². The van der Waals surface area contributed by atoms with Crippen molar-refractivity contribution >= 4 is 35.1 Å². The minimum absolute atomic E-state index is 0. The van der Waals surface area contributed by atoms with E-state index in [0.29, 0.717) is 23.7 Å². The summed E-state index contributed by atoms with van der Waals surface area (Å²) in [5.41, 5.74) is 7.47. The van der Waals surface area contributed by atoms with Gasteiger partial charge in [-0.15, -0.1) is 12.4 Å². The van der Waals surface area contributed by atoms with Gasteiger partial charge in [-0.3, -0.25) is 4.79 Å². The van der Waals surface area contributed by atoms with Crippen molar-refractivity contribution in [3.8, 4) is 0 Å². The monoisotopic (exact) mass is 341 g/mol. The minimum atomic E-state index is -0.275. The SMILES string of the molecule is COC(CN)CC(=O)Nc1ccc2oc(C(C)(C)C)nc2c1.Cl. The third-order valence-electron chi connectivity index (χ3n) is 3.32. The summed E-state index contributed by atoms with van der Waals surface area (Å²) in [6.45, 7) is 6.43. The molecule has 1 aromatic carbocycles. The molecule has 0 aliphatic carbocycles. The number of anilines is 1. The number of nitrogens with two attached hydrogens (primary N) is 1. The van der Waals surface area contributed by atoms with Gasteiger partial charge in [-0.25, -0.2) is 4.98 Å². The van der Waals surface area contributed by atoms with Gasteiger partial charge in [0.15, 0.2) is 5.58 Å². The van der Waals surface area contributed by atoms with Gasteiger partial charge < -0.3 is 20.2 Å². The normalized spacial score (nSPS) is 12.7. The van der Waals surface area contributed by atoms with Gasteiger partial charge in [-0.1, -0.05) is 20.8 Å². The Kier molecular flexibility index (Phi) is 6.56. The van der Waals surface area contributed by atoms with Crippen LogP contribution in [0.15, 0.2) is 22.6 Å². The van der Waals surface area contributed by atoms with Crippen LogP contribution in [0, 0.1) is 0 Å². The molecule has 1 unspecified atom stereocenters. The average molecular weight is 342 g/mol. The van der Waals surface area contributed by atoms with E-state index in [2.05, 4.69) is 10.3 Å². The Morgan fingerprint density at radius 1 is 1.43 bits per heavy atom. The Hall–Kier alpha value is -1.63. The number of carbonyl (C=O) groups is 1. The number of methoxy groups -OCH3 is 1. The van der Waals surface area contributed by atoms with Crippen LogP contribution in [0.4, 0.5) is 5.69 Å².